The Balaban J connectivity index is 2.25. The fraction of sp³-hybridized carbons (Fsp3) is 0.417. The molecule has 0 N–H and O–H groups in total. The topological polar surface area (TPSA) is 23.8 Å². The predicted octanol–water partition coefficient (Wildman–Crippen LogP) is 3.36. The van der Waals surface area contributed by atoms with Crippen molar-refractivity contribution in [2.24, 2.45) is 5.92 Å². The summed E-state index contributed by atoms with van der Waals surface area (Å²) in [6.45, 7) is 0. The van der Waals surface area contributed by atoms with Gasteiger partial charge in [0.25, 0.3) is 0 Å². The van der Waals surface area contributed by atoms with Gasteiger partial charge < -0.3 is 0 Å². The van der Waals surface area contributed by atoms with Gasteiger partial charge in [0.1, 0.15) is 0 Å². The molecule has 1 atom stereocenters. The van der Waals surface area contributed by atoms with E-state index in [1.807, 2.05) is 12.1 Å². The quantitative estimate of drug-likeness (QED) is 0.690. The molecule has 1 unspecified atom stereocenters. The van der Waals surface area contributed by atoms with Crippen LogP contribution in [0.15, 0.2) is 18.2 Å². The highest BCUT2D eigenvalue weighted by molar-refractivity contribution is 6.31. The van der Waals surface area contributed by atoms with Crippen molar-refractivity contribution in [1.82, 2.24) is 0 Å². The van der Waals surface area contributed by atoms with Gasteiger partial charge in [0, 0.05) is 11.4 Å². The van der Waals surface area contributed by atoms with Crippen molar-refractivity contribution in [2.75, 3.05) is 0 Å². The van der Waals surface area contributed by atoms with Crippen molar-refractivity contribution in [1.29, 1.82) is 5.26 Å². The lowest BCUT2D eigenvalue weighted by Gasteiger charge is -2.23. The van der Waals surface area contributed by atoms with Gasteiger partial charge in [-0.1, -0.05) is 23.7 Å². The van der Waals surface area contributed by atoms with Gasteiger partial charge >= 0.3 is 0 Å². The molecule has 0 saturated carbocycles. The van der Waals surface area contributed by atoms with Crippen molar-refractivity contribution < 1.29 is 0 Å². The minimum absolute atomic E-state index is 0.507. The second kappa shape index (κ2) is 4.02. The zero-order valence-electron chi connectivity index (χ0n) is 7.96. The van der Waals surface area contributed by atoms with Crippen molar-refractivity contribution in [3.05, 3.63) is 34.3 Å². The van der Waals surface area contributed by atoms with E-state index in [1.54, 1.807) is 0 Å². The molecule has 1 aromatic rings. The summed E-state index contributed by atoms with van der Waals surface area (Å²) in [6, 6.07) is 8.33. The first-order valence-corrected chi connectivity index (χ1v) is 5.32. The first kappa shape index (κ1) is 9.55. The average molecular weight is 206 g/mol. The number of aryl methyl sites for hydroxylation is 1. The van der Waals surface area contributed by atoms with E-state index in [9.17, 15) is 0 Å². The van der Waals surface area contributed by atoms with Gasteiger partial charge in [-0.15, -0.1) is 0 Å². The van der Waals surface area contributed by atoms with E-state index < -0.39 is 0 Å². The number of hydrogen-bond donors (Lipinski definition) is 0. The molecule has 1 aliphatic rings. The van der Waals surface area contributed by atoms with Gasteiger partial charge in [0.05, 0.1) is 6.07 Å². The Morgan fingerprint density at radius 2 is 2.36 bits per heavy atom. The third-order valence-corrected chi connectivity index (χ3v) is 3.26. The maximum absolute atomic E-state index is 8.65. The van der Waals surface area contributed by atoms with E-state index in [-0.39, 0.29) is 0 Å². The Bertz CT molecular complexity index is 378. The zero-order chi connectivity index (χ0) is 9.97. The van der Waals surface area contributed by atoms with E-state index >= 15 is 0 Å². The molecule has 1 aromatic carbocycles. The number of rotatable bonds is 1. The molecule has 0 saturated heterocycles. The van der Waals surface area contributed by atoms with Crippen molar-refractivity contribution in [2.45, 2.75) is 25.7 Å². The predicted molar refractivity (Wildman–Crippen MR) is 57.2 cm³/mol. The zero-order valence-corrected chi connectivity index (χ0v) is 8.72. The lowest BCUT2D eigenvalue weighted by atomic mass is 9.82. The molecule has 2 rings (SSSR count). The maximum Gasteiger partial charge on any atom is 0.0624 e. The van der Waals surface area contributed by atoms with Crippen LogP contribution in [-0.4, -0.2) is 0 Å². The first-order valence-electron chi connectivity index (χ1n) is 4.94. The summed E-state index contributed by atoms with van der Waals surface area (Å²) in [7, 11) is 0. The Hall–Kier alpha value is -1.00. The molecule has 1 nitrogen and oxygen atoms in total. The fourth-order valence-electron chi connectivity index (χ4n) is 2.12. The highest BCUT2D eigenvalue weighted by Crippen LogP contribution is 2.31. The van der Waals surface area contributed by atoms with Gasteiger partial charge in [0.2, 0.25) is 0 Å². The Kier molecular flexibility index (Phi) is 2.74. The molecule has 0 aromatic heterocycles. The summed E-state index contributed by atoms with van der Waals surface area (Å²) in [6.07, 6.45) is 3.83. The van der Waals surface area contributed by atoms with Crippen molar-refractivity contribution >= 4 is 11.6 Å². The smallest absolute Gasteiger partial charge is 0.0624 e. The summed E-state index contributed by atoms with van der Waals surface area (Å²) in [5.74, 6) is 0.507. The lowest BCUT2D eigenvalue weighted by Crippen LogP contribution is -2.14. The third-order valence-electron chi connectivity index (χ3n) is 2.91. The number of nitriles is 1. The molecule has 1 aliphatic carbocycles. The fourth-order valence-corrected chi connectivity index (χ4v) is 2.39. The summed E-state index contributed by atoms with van der Waals surface area (Å²) in [4.78, 5) is 0. The molecule has 72 valence electrons. The standard InChI is InChI=1S/C12H12ClN/c13-12-3-1-2-10-5-4-9(6-7-14)8-11(10)12/h1-3,9H,4-6,8H2. The van der Waals surface area contributed by atoms with Crippen LogP contribution in [0.4, 0.5) is 0 Å². The number of halogens is 1. The van der Waals surface area contributed by atoms with Crippen LogP contribution < -0.4 is 0 Å². The Morgan fingerprint density at radius 1 is 1.50 bits per heavy atom. The largest absolute Gasteiger partial charge is 0.198 e. The Labute approximate surface area is 89.3 Å². The van der Waals surface area contributed by atoms with Crippen LogP contribution in [0.25, 0.3) is 0 Å². The van der Waals surface area contributed by atoms with E-state index in [1.165, 1.54) is 11.1 Å². The van der Waals surface area contributed by atoms with E-state index in [4.69, 9.17) is 16.9 Å². The molecule has 0 amide bonds. The molecule has 0 heterocycles. The lowest BCUT2D eigenvalue weighted by molar-refractivity contribution is 0.468. The minimum atomic E-state index is 0.507. The van der Waals surface area contributed by atoms with E-state index in [0.717, 1.165) is 24.3 Å². The minimum Gasteiger partial charge on any atom is -0.198 e. The summed E-state index contributed by atoms with van der Waals surface area (Å²) < 4.78 is 0. The van der Waals surface area contributed by atoms with Crippen LogP contribution in [0.1, 0.15) is 24.0 Å². The molecule has 0 fully saturated rings. The molecular weight excluding hydrogens is 194 g/mol. The molecule has 14 heavy (non-hydrogen) atoms. The number of nitrogens with zero attached hydrogens (tertiary/aromatic N) is 1. The highest BCUT2D eigenvalue weighted by Gasteiger charge is 2.19. The number of fused-ring (bicyclic) bond motifs is 1. The number of benzene rings is 1. The van der Waals surface area contributed by atoms with Crippen LogP contribution in [-0.2, 0) is 12.8 Å². The van der Waals surface area contributed by atoms with Crippen LogP contribution in [0.5, 0.6) is 0 Å². The second-order valence-electron chi connectivity index (χ2n) is 3.85. The SMILES string of the molecule is N#CCC1CCc2cccc(Cl)c2C1. The van der Waals surface area contributed by atoms with Crippen molar-refractivity contribution in [3.8, 4) is 6.07 Å². The molecule has 2 heteroatoms. The van der Waals surface area contributed by atoms with Crippen LogP contribution >= 0.6 is 11.6 Å². The maximum atomic E-state index is 8.65. The van der Waals surface area contributed by atoms with E-state index in [2.05, 4.69) is 12.1 Å². The first-order chi connectivity index (χ1) is 6.81. The van der Waals surface area contributed by atoms with E-state index in [0.29, 0.717) is 12.3 Å². The van der Waals surface area contributed by atoms with Gasteiger partial charge in [-0.2, -0.15) is 5.26 Å². The number of hydrogen-bond acceptors (Lipinski definition) is 1. The summed E-state index contributed by atoms with van der Waals surface area (Å²) >= 11 is 6.12. The Morgan fingerprint density at radius 3 is 3.14 bits per heavy atom. The van der Waals surface area contributed by atoms with Gasteiger partial charge in [-0.3, -0.25) is 0 Å². The van der Waals surface area contributed by atoms with Crippen LogP contribution in [0.2, 0.25) is 5.02 Å². The molecule has 0 bridgehead atoms. The molecule has 0 aliphatic heterocycles. The van der Waals surface area contributed by atoms with Gasteiger partial charge in [-0.25, -0.2) is 0 Å². The molecule has 0 radical (unpaired) electrons. The monoisotopic (exact) mass is 205 g/mol. The normalized spacial score (nSPS) is 19.9. The highest BCUT2D eigenvalue weighted by atomic mass is 35.5. The molecular formula is C12H12ClN. The van der Waals surface area contributed by atoms with Crippen LogP contribution in [0.3, 0.4) is 0 Å². The molecule has 0 spiro atoms. The van der Waals surface area contributed by atoms with Gasteiger partial charge in [-0.05, 0) is 42.4 Å². The summed E-state index contributed by atoms with van der Waals surface area (Å²) in [5, 5.41) is 9.52. The van der Waals surface area contributed by atoms with Crippen molar-refractivity contribution in [3.63, 3.8) is 0 Å². The third kappa shape index (κ3) is 1.76. The van der Waals surface area contributed by atoms with Gasteiger partial charge in [0.15, 0.2) is 0 Å². The van der Waals surface area contributed by atoms with Crippen LogP contribution in [0, 0.1) is 17.2 Å². The second-order valence-corrected chi connectivity index (χ2v) is 4.26. The average Bonchev–Trinajstić information content (AvgIpc) is 2.20. The summed E-state index contributed by atoms with van der Waals surface area (Å²) in [5.41, 5.74) is 2.63.